The highest BCUT2D eigenvalue weighted by molar-refractivity contribution is 7.45. The van der Waals surface area contributed by atoms with Gasteiger partial charge >= 0.3 is 11.9 Å². The number of ether oxygens (including phenoxy) is 2. The number of likely N-dealkylation sites (N-methyl/N-ethyl adjacent to an activating group) is 1. The van der Waals surface area contributed by atoms with Gasteiger partial charge in [0.05, 0.1) is 27.7 Å². The van der Waals surface area contributed by atoms with Crippen LogP contribution in [-0.4, -0.2) is 70.0 Å². The number of phosphoric ester groups is 1. The lowest BCUT2D eigenvalue weighted by Gasteiger charge is -2.28. The maximum atomic E-state index is 12.6. The zero-order chi connectivity index (χ0) is 40.0. The molecule has 0 aromatic rings. The van der Waals surface area contributed by atoms with E-state index in [0.717, 1.165) is 64.2 Å². The van der Waals surface area contributed by atoms with Crippen molar-refractivity contribution in [1.29, 1.82) is 0 Å². The molecule has 1 unspecified atom stereocenters. The average molecular weight is 778 g/mol. The van der Waals surface area contributed by atoms with Crippen LogP contribution in [0.3, 0.4) is 0 Å². The van der Waals surface area contributed by atoms with Crippen molar-refractivity contribution in [3.63, 3.8) is 0 Å². The van der Waals surface area contributed by atoms with Crippen molar-refractivity contribution in [3.05, 3.63) is 72.9 Å². The van der Waals surface area contributed by atoms with Gasteiger partial charge in [-0.25, -0.2) is 0 Å². The number of carbonyl (C=O) groups is 2. The van der Waals surface area contributed by atoms with Crippen LogP contribution < -0.4 is 4.89 Å². The number of carbonyl (C=O) groups excluding carboxylic acids is 2. The van der Waals surface area contributed by atoms with Gasteiger partial charge in [0.15, 0.2) is 6.10 Å². The number of quaternary nitrogens is 1. The first-order chi connectivity index (χ1) is 26.0. The minimum Gasteiger partial charge on any atom is -0.756 e. The molecule has 0 fully saturated rings. The predicted molar refractivity (Wildman–Crippen MR) is 222 cm³/mol. The van der Waals surface area contributed by atoms with Crippen molar-refractivity contribution < 1.29 is 42.1 Å². The zero-order valence-electron chi connectivity index (χ0n) is 34.6. The van der Waals surface area contributed by atoms with Crippen LogP contribution in [0.5, 0.6) is 0 Å². The summed E-state index contributed by atoms with van der Waals surface area (Å²) in [6, 6.07) is 0. The minimum absolute atomic E-state index is 0.0447. The molecule has 54 heavy (non-hydrogen) atoms. The van der Waals surface area contributed by atoms with Crippen molar-refractivity contribution in [2.75, 3.05) is 47.5 Å². The van der Waals surface area contributed by atoms with Crippen molar-refractivity contribution in [2.24, 2.45) is 0 Å². The van der Waals surface area contributed by atoms with Crippen LogP contribution in [0.15, 0.2) is 72.9 Å². The Bertz CT molecular complexity index is 1150. The minimum atomic E-state index is -4.64. The normalized spacial score (nSPS) is 14.4. The Morgan fingerprint density at radius 3 is 1.76 bits per heavy atom. The molecule has 2 atom stereocenters. The maximum absolute atomic E-state index is 12.6. The molecule has 0 heterocycles. The van der Waals surface area contributed by atoms with Gasteiger partial charge in [-0.3, -0.25) is 14.2 Å². The van der Waals surface area contributed by atoms with Gasteiger partial charge in [0, 0.05) is 12.8 Å². The Morgan fingerprint density at radius 1 is 0.611 bits per heavy atom. The van der Waals surface area contributed by atoms with Crippen LogP contribution in [0.4, 0.5) is 0 Å². The SMILES string of the molecule is CC/C=C/C=C/C=C/C=C/CCCCCCCC(=O)OC[C@H](COP(=O)([O-])OCC[N+](C)(C)C)OC(=O)CCCC/C=C/C/C=C/CCCCCCCC. The van der Waals surface area contributed by atoms with E-state index in [2.05, 4.69) is 56.4 Å². The number of unbranched alkanes of at least 4 members (excludes halogenated alkanes) is 13. The van der Waals surface area contributed by atoms with Crippen molar-refractivity contribution >= 4 is 19.8 Å². The Hall–Kier alpha value is -2.55. The van der Waals surface area contributed by atoms with E-state index in [1.807, 2.05) is 51.5 Å². The first kappa shape index (κ1) is 51.5. The van der Waals surface area contributed by atoms with Crippen LogP contribution >= 0.6 is 7.82 Å². The topological polar surface area (TPSA) is 111 Å². The molecule has 0 aromatic carbocycles. The molecule has 0 rings (SSSR count). The summed E-state index contributed by atoms with van der Waals surface area (Å²) in [5.74, 6) is -0.908. The molecule has 0 bridgehead atoms. The molecule has 310 valence electrons. The maximum Gasteiger partial charge on any atom is 0.306 e. The van der Waals surface area contributed by atoms with Gasteiger partial charge in [0.25, 0.3) is 7.82 Å². The van der Waals surface area contributed by atoms with Crippen molar-refractivity contribution in [1.82, 2.24) is 0 Å². The summed E-state index contributed by atoms with van der Waals surface area (Å²) in [6.07, 6.45) is 43.6. The average Bonchev–Trinajstić information content (AvgIpc) is 3.12. The van der Waals surface area contributed by atoms with E-state index in [4.69, 9.17) is 18.5 Å². The highest BCUT2D eigenvalue weighted by Gasteiger charge is 2.21. The molecular weight excluding hydrogens is 701 g/mol. The molecule has 0 aliphatic carbocycles. The molecule has 0 radical (unpaired) electrons. The fourth-order valence-corrected chi connectivity index (χ4v) is 5.77. The summed E-state index contributed by atoms with van der Waals surface area (Å²) >= 11 is 0. The summed E-state index contributed by atoms with van der Waals surface area (Å²) < 4.78 is 33.8. The van der Waals surface area contributed by atoms with E-state index >= 15 is 0 Å². The lowest BCUT2D eigenvalue weighted by Crippen LogP contribution is -2.37. The number of nitrogens with zero attached hydrogens (tertiary/aromatic N) is 1. The predicted octanol–water partition coefficient (Wildman–Crippen LogP) is 10.8. The fourth-order valence-electron chi connectivity index (χ4n) is 5.05. The van der Waals surface area contributed by atoms with Gasteiger partial charge in [0.1, 0.15) is 19.8 Å². The van der Waals surface area contributed by atoms with Crippen LogP contribution in [0, 0.1) is 0 Å². The van der Waals surface area contributed by atoms with Crippen LogP contribution in [0.1, 0.15) is 142 Å². The highest BCUT2D eigenvalue weighted by Crippen LogP contribution is 2.38. The van der Waals surface area contributed by atoms with Crippen LogP contribution in [-0.2, 0) is 32.7 Å². The third-order valence-corrected chi connectivity index (χ3v) is 9.27. The van der Waals surface area contributed by atoms with Gasteiger partial charge in [-0.15, -0.1) is 0 Å². The molecule has 0 N–H and O–H groups in total. The molecule has 0 saturated heterocycles. The molecule has 0 aliphatic heterocycles. The fraction of sp³-hybridized carbons (Fsp3) is 0.682. The summed E-state index contributed by atoms with van der Waals surface area (Å²) in [6.45, 7) is 3.99. The van der Waals surface area contributed by atoms with Gasteiger partial charge < -0.3 is 27.9 Å². The third kappa shape index (κ3) is 39.2. The number of rotatable bonds is 36. The monoisotopic (exact) mass is 778 g/mol. The second kappa shape index (κ2) is 36.1. The quantitative estimate of drug-likeness (QED) is 0.0154. The number of phosphoric acid groups is 1. The molecule has 9 nitrogen and oxygen atoms in total. The van der Waals surface area contributed by atoms with Crippen molar-refractivity contribution in [3.8, 4) is 0 Å². The molecule has 0 amide bonds. The molecule has 0 aliphatic rings. The Kier molecular flexibility index (Phi) is 34.4. The number of esters is 2. The van der Waals surface area contributed by atoms with Crippen molar-refractivity contribution in [2.45, 2.75) is 148 Å². The first-order valence-corrected chi connectivity index (χ1v) is 22.2. The summed E-state index contributed by atoms with van der Waals surface area (Å²) in [5, 5.41) is 0. The van der Waals surface area contributed by atoms with Gasteiger partial charge in [0.2, 0.25) is 0 Å². The second-order valence-corrected chi connectivity index (χ2v) is 16.1. The number of hydrogen-bond donors (Lipinski definition) is 0. The van der Waals surface area contributed by atoms with E-state index in [1.54, 1.807) is 0 Å². The third-order valence-electron chi connectivity index (χ3n) is 8.31. The van der Waals surface area contributed by atoms with E-state index in [1.165, 1.54) is 38.5 Å². The van der Waals surface area contributed by atoms with E-state index in [0.29, 0.717) is 23.9 Å². The van der Waals surface area contributed by atoms with Gasteiger partial charge in [-0.05, 0) is 64.2 Å². The summed E-state index contributed by atoms with van der Waals surface area (Å²) in [7, 11) is 1.12. The molecule has 0 saturated carbocycles. The number of allylic oxidation sites excluding steroid dienone is 12. The zero-order valence-corrected chi connectivity index (χ0v) is 35.5. The smallest absolute Gasteiger partial charge is 0.306 e. The Morgan fingerprint density at radius 2 is 1.13 bits per heavy atom. The van der Waals surface area contributed by atoms with Gasteiger partial charge in [-0.1, -0.05) is 138 Å². The molecule has 0 aromatic heterocycles. The highest BCUT2D eigenvalue weighted by atomic mass is 31.2. The van der Waals surface area contributed by atoms with Crippen LogP contribution in [0.2, 0.25) is 0 Å². The molecular formula is C44H76NO8P. The number of hydrogen-bond acceptors (Lipinski definition) is 8. The van der Waals surface area contributed by atoms with E-state index in [-0.39, 0.29) is 26.1 Å². The van der Waals surface area contributed by atoms with E-state index in [9.17, 15) is 19.0 Å². The van der Waals surface area contributed by atoms with Gasteiger partial charge in [-0.2, -0.15) is 0 Å². The summed E-state index contributed by atoms with van der Waals surface area (Å²) in [4.78, 5) is 37.4. The lowest BCUT2D eigenvalue weighted by molar-refractivity contribution is -0.870. The second-order valence-electron chi connectivity index (χ2n) is 14.7. The Balaban J connectivity index is 4.51. The Labute approximate surface area is 329 Å². The largest absolute Gasteiger partial charge is 0.756 e. The first-order valence-electron chi connectivity index (χ1n) is 20.7. The molecule has 0 spiro atoms. The lowest BCUT2D eigenvalue weighted by atomic mass is 10.1. The van der Waals surface area contributed by atoms with E-state index < -0.39 is 32.5 Å². The summed E-state index contributed by atoms with van der Waals surface area (Å²) in [5.41, 5.74) is 0. The standard InChI is InChI=1S/C44H76NO8P/c1-6-8-10-12-14-16-18-20-22-24-26-28-30-32-34-36-43(46)50-40-42(41-52-54(48,49)51-39-38-45(3,4)5)53-44(47)37-35-33-31-29-27-25-23-21-19-17-15-13-11-9-7-2/h8,10,12,14,16,18,20-23,27,29,42H,6-7,9,11,13,15,17,19,24-26,28,30-41H2,1-5H3/b10-8+,14-12+,18-16+,22-20+,23-21+,29-27+/t42-/m1/s1. The van der Waals surface area contributed by atoms with Crippen LogP contribution in [0.25, 0.3) is 0 Å². The molecule has 10 heteroatoms.